The maximum absolute atomic E-state index is 13.7. The van der Waals surface area contributed by atoms with E-state index >= 15 is 0 Å². The van der Waals surface area contributed by atoms with Gasteiger partial charge in [-0.3, -0.25) is 13.8 Å². The predicted molar refractivity (Wildman–Crippen MR) is 102 cm³/mol. The van der Waals surface area contributed by atoms with Gasteiger partial charge in [0.05, 0.1) is 12.4 Å². The van der Waals surface area contributed by atoms with Crippen molar-refractivity contribution in [2.24, 2.45) is 11.7 Å². The SMILES string of the molecule is NC(=O)[C@H]1CC[C@H](n2c(=O)[nH]c3cnc(-c4cnc5ccc(F)cn45)nc32)CC1. The molecule has 0 spiro atoms. The van der Waals surface area contributed by atoms with Gasteiger partial charge in [-0.1, -0.05) is 0 Å². The van der Waals surface area contributed by atoms with E-state index in [2.05, 4.69) is 19.9 Å². The second kappa shape index (κ2) is 6.50. The Kier molecular flexibility index (Phi) is 3.93. The van der Waals surface area contributed by atoms with Crippen molar-refractivity contribution in [3.8, 4) is 11.5 Å². The number of nitrogens with zero attached hydrogens (tertiary/aromatic N) is 5. The minimum absolute atomic E-state index is 0.0748. The summed E-state index contributed by atoms with van der Waals surface area (Å²) in [6.07, 6.45) is 7.06. The average Bonchev–Trinajstić information content (AvgIpc) is 3.27. The molecule has 0 aliphatic heterocycles. The Morgan fingerprint density at radius 1 is 1.17 bits per heavy atom. The van der Waals surface area contributed by atoms with Crippen LogP contribution >= 0.6 is 0 Å². The highest BCUT2D eigenvalue weighted by molar-refractivity contribution is 5.76. The van der Waals surface area contributed by atoms with E-state index in [9.17, 15) is 14.0 Å². The molecule has 1 amide bonds. The Morgan fingerprint density at radius 3 is 2.72 bits per heavy atom. The van der Waals surface area contributed by atoms with Crippen molar-refractivity contribution in [2.75, 3.05) is 0 Å². The maximum Gasteiger partial charge on any atom is 0.327 e. The minimum Gasteiger partial charge on any atom is -0.369 e. The molecule has 10 heteroatoms. The quantitative estimate of drug-likeness (QED) is 0.547. The smallest absolute Gasteiger partial charge is 0.327 e. The van der Waals surface area contributed by atoms with Crippen LogP contribution in [0, 0.1) is 11.7 Å². The second-order valence-electron chi connectivity index (χ2n) is 7.36. The van der Waals surface area contributed by atoms with Crippen LogP contribution in [0.15, 0.2) is 35.5 Å². The molecule has 1 saturated carbocycles. The van der Waals surface area contributed by atoms with E-state index in [0.29, 0.717) is 54.0 Å². The highest BCUT2D eigenvalue weighted by atomic mass is 19.1. The van der Waals surface area contributed by atoms with Gasteiger partial charge in [-0.2, -0.15) is 0 Å². The van der Waals surface area contributed by atoms with E-state index in [1.165, 1.54) is 12.3 Å². The van der Waals surface area contributed by atoms with Crippen molar-refractivity contribution in [1.82, 2.24) is 28.9 Å². The number of hydrogen-bond donors (Lipinski definition) is 2. The fourth-order valence-electron chi connectivity index (χ4n) is 4.12. The van der Waals surface area contributed by atoms with Gasteiger partial charge in [-0.25, -0.2) is 24.1 Å². The number of nitrogens with one attached hydrogen (secondary N) is 1. The molecule has 0 radical (unpaired) electrons. The van der Waals surface area contributed by atoms with Gasteiger partial charge in [-0.15, -0.1) is 0 Å². The average molecular weight is 395 g/mol. The predicted octanol–water partition coefficient (Wildman–Crippen LogP) is 1.79. The van der Waals surface area contributed by atoms with Crippen molar-refractivity contribution < 1.29 is 9.18 Å². The van der Waals surface area contributed by atoms with Crippen LogP contribution in [0.2, 0.25) is 0 Å². The first-order chi connectivity index (χ1) is 14.0. The second-order valence-corrected chi connectivity index (χ2v) is 7.36. The number of hydrogen-bond acceptors (Lipinski definition) is 5. The van der Waals surface area contributed by atoms with Crippen molar-refractivity contribution >= 4 is 22.7 Å². The van der Waals surface area contributed by atoms with Gasteiger partial charge >= 0.3 is 5.69 Å². The van der Waals surface area contributed by atoms with Crippen LogP contribution in [-0.2, 0) is 4.79 Å². The molecule has 1 fully saturated rings. The number of imidazole rings is 2. The number of halogens is 1. The fraction of sp³-hybridized carbons (Fsp3) is 0.316. The molecule has 5 rings (SSSR count). The number of primary amides is 1. The van der Waals surface area contributed by atoms with Gasteiger partial charge in [0.2, 0.25) is 5.91 Å². The molecule has 1 aliphatic rings. The summed E-state index contributed by atoms with van der Waals surface area (Å²) in [6, 6.07) is 2.83. The monoisotopic (exact) mass is 395 g/mol. The topological polar surface area (TPSA) is 124 Å². The lowest BCUT2D eigenvalue weighted by atomic mass is 9.85. The third-order valence-corrected chi connectivity index (χ3v) is 5.62. The summed E-state index contributed by atoms with van der Waals surface area (Å²) in [5.74, 6) is -0.499. The van der Waals surface area contributed by atoms with E-state index in [1.54, 1.807) is 27.4 Å². The molecular weight excluding hydrogens is 377 g/mol. The van der Waals surface area contributed by atoms with Gasteiger partial charge < -0.3 is 10.7 Å². The number of H-pyrrole nitrogens is 1. The van der Waals surface area contributed by atoms with Crippen molar-refractivity contribution in [1.29, 1.82) is 0 Å². The zero-order chi connectivity index (χ0) is 20.1. The summed E-state index contributed by atoms with van der Waals surface area (Å²) >= 11 is 0. The Balaban J connectivity index is 1.58. The lowest BCUT2D eigenvalue weighted by molar-refractivity contribution is -0.122. The highest BCUT2D eigenvalue weighted by Crippen LogP contribution is 2.32. The summed E-state index contributed by atoms with van der Waals surface area (Å²) in [4.78, 5) is 40.0. The summed E-state index contributed by atoms with van der Waals surface area (Å²) in [7, 11) is 0. The first kappa shape index (κ1) is 17.5. The molecular formula is C19H18FN7O2. The molecule has 0 aromatic carbocycles. The van der Waals surface area contributed by atoms with Gasteiger partial charge in [-0.05, 0) is 37.8 Å². The van der Waals surface area contributed by atoms with Crippen molar-refractivity contribution in [2.45, 2.75) is 31.7 Å². The molecule has 0 unspecified atom stereocenters. The molecule has 9 nitrogen and oxygen atoms in total. The number of aromatic amines is 1. The van der Waals surface area contributed by atoms with Crippen LogP contribution in [0.3, 0.4) is 0 Å². The summed E-state index contributed by atoms with van der Waals surface area (Å²) in [5, 5.41) is 0. The van der Waals surface area contributed by atoms with E-state index < -0.39 is 5.82 Å². The van der Waals surface area contributed by atoms with Gasteiger partial charge in [0.1, 0.15) is 22.7 Å². The number of fused-ring (bicyclic) bond motifs is 2. The van der Waals surface area contributed by atoms with Crippen LogP contribution < -0.4 is 11.4 Å². The first-order valence-electron chi connectivity index (χ1n) is 9.41. The standard InChI is InChI=1S/C19H18FN7O2/c20-11-3-6-15-22-8-14(26(15)9-11)17-23-7-13-18(25-17)27(19(29)24-13)12-4-1-10(2-5-12)16(21)28/h3,6-10,12H,1-2,4-5H2,(H2,21,28)(H,24,29)/t10-,12-. The molecule has 0 bridgehead atoms. The Bertz CT molecular complexity index is 1300. The molecule has 0 atom stereocenters. The molecule has 148 valence electrons. The Hall–Kier alpha value is -3.56. The normalized spacial score (nSPS) is 19.8. The van der Waals surface area contributed by atoms with Crippen LogP contribution in [0.25, 0.3) is 28.3 Å². The van der Waals surface area contributed by atoms with E-state index in [1.807, 2.05) is 0 Å². The van der Waals surface area contributed by atoms with E-state index in [4.69, 9.17) is 5.73 Å². The number of amides is 1. The third-order valence-electron chi connectivity index (χ3n) is 5.62. The third kappa shape index (κ3) is 2.87. The Morgan fingerprint density at radius 2 is 1.97 bits per heavy atom. The summed E-state index contributed by atoms with van der Waals surface area (Å²) < 4.78 is 16.9. The lowest BCUT2D eigenvalue weighted by Gasteiger charge is -2.27. The summed E-state index contributed by atoms with van der Waals surface area (Å²) in [6.45, 7) is 0. The number of carbonyl (C=O) groups excluding carboxylic acids is 1. The molecule has 4 aromatic heterocycles. The van der Waals surface area contributed by atoms with Gasteiger partial charge in [0, 0.05) is 18.2 Å². The molecule has 29 heavy (non-hydrogen) atoms. The number of rotatable bonds is 3. The van der Waals surface area contributed by atoms with Gasteiger partial charge in [0.15, 0.2) is 11.5 Å². The minimum atomic E-state index is -0.400. The molecule has 4 heterocycles. The van der Waals surface area contributed by atoms with Crippen LogP contribution in [0.1, 0.15) is 31.7 Å². The number of carbonyl (C=O) groups is 1. The number of nitrogens with two attached hydrogens (primary N) is 1. The maximum atomic E-state index is 13.7. The number of pyridine rings is 1. The zero-order valence-electron chi connectivity index (χ0n) is 15.4. The first-order valence-corrected chi connectivity index (χ1v) is 9.41. The molecule has 1 aliphatic carbocycles. The molecule has 3 N–H and O–H groups in total. The summed E-state index contributed by atoms with van der Waals surface area (Å²) in [5.41, 5.74) is 7.25. The van der Waals surface area contributed by atoms with Crippen molar-refractivity contribution in [3.63, 3.8) is 0 Å². The van der Waals surface area contributed by atoms with E-state index in [0.717, 1.165) is 0 Å². The molecule has 4 aromatic rings. The zero-order valence-corrected chi connectivity index (χ0v) is 15.4. The van der Waals surface area contributed by atoms with Crippen LogP contribution in [-0.4, -0.2) is 34.8 Å². The van der Waals surface area contributed by atoms with Crippen LogP contribution in [0.5, 0.6) is 0 Å². The van der Waals surface area contributed by atoms with Gasteiger partial charge in [0.25, 0.3) is 0 Å². The Labute approximate surface area is 163 Å². The largest absolute Gasteiger partial charge is 0.369 e. The van der Waals surface area contributed by atoms with E-state index in [-0.39, 0.29) is 23.6 Å². The lowest BCUT2D eigenvalue weighted by Crippen LogP contribution is -2.31. The van der Waals surface area contributed by atoms with Crippen LogP contribution in [0.4, 0.5) is 4.39 Å². The molecule has 0 saturated heterocycles. The number of aromatic nitrogens is 6. The fourth-order valence-corrected chi connectivity index (χ4v) is 4.12. The highest BCUT2D eigenvalue weighted by Gasteiger charge is 2.28. The van der Waals surface area contributed by atoms with Crippen molar-refractivity contribution in [3.05, 3.63) is 47.0 Å².